The molecule has 0 amide bonds. The zero-order chi connectivity index (χ0) is 19.4. The number of hydrogen-bond donors (Lipinski definition) is 2. The molecule has 0 atom stereocenters. The molecule has 136 valence electrons. The predicted octanol–water partition coefficient (Wildman–Crippen LogP) is 6.44. The molecule has 0 saturated carbocycles. The van der Waals surface area contributed by atoms with Crippen molar-refractivity contribution in [3.63, 3.8) is 0 Å². The van der Waals surface area contributed by atoms with Gasteiger partial charge < -0.3 is 10.1 Å². The molecule has 0 aliphatic rings. The molecule has 0 aliphatic heterocycles. The minimum absolute atomic E-state index is 0.264. The Hall–Kier alpha value is -2.20. The number of fused-ring (bicyclic) bond motifs is 6. The predicted molar refractivity (Wildman–Crippen MR) is 129 cm³/mol. The van der Waals surface area contributed by atoms with Gasteiger partial charge in [-0.25, -0.2) is 9.78 Å². The number of benzene rings is 4. The molecule has 0 saturated heterocycles. The second kappa shape index (κ2) is 6.70. The lowest BCUT2D eigenvalue weighted by molar-refractivity contribution is 0.0697. The first-order valence-corrected chi connectivity index (χ1v) is 10.7. The van der Waals surface area contributed by atoms with Crippen LogP contribution in [0.25, 0.3) is 44.0 Å². The van der Waals surface area contributed by atoms with Gasteiger partial charge >= 0.3 is 5.97 Å². The highest BCUT2D eigenvalue weighted by atomic mass is 127. The van der Waals surface area contributed by atoms with Crippen LogP contribution in [0.15, 0.2) is 60.7 Å². The van der Waals surface area contributed by atoms with Gasteiger partial charge in [-0.3, -0.25) is 0 Å². The van der Waals surface area contributed by atoms with E-state index in [0.29, 0.717) is 0 Å². The van der Waals surface area contributed by atoms with E-state index in [0.717, 1.165) is 36.8 Å². The minimum Gasteiger partial charge on any atom is -0.478 e. The number of carboxylic acid groups (broad SMARTS) is 1. The summed E-state index contributed by atoms with van der Waals surface area (Å²) in [7, 11) is 0. The Balaban J connectivity index is 1.86. The summed E-state index contributed by atoms with van der Waals surface area (Å²) >= 11 is 4.65. The van der Waals surface area contributed by atoms with Crippen LogP contribution in [0.3, 0.4) is 0 Å². The number of H-pyrrole nitrogens is 1. The zero-order valence-electron chi connectivity index (χ0n) is 14.3. The molecule has 4 nitrogen and oxygen atoms in total. The van der Waals surface area contributed by atoms with E-state index in [4.69, 9.17) is 10.1 Å². The van der Waals surface area contributed by atoms with E-state index in [1.807, 2.05) is 0 Å². The van der Waals surface area contributed by atoms with Crippen molar-refractivity contribution >= 4 is 83.7 Å². The quantitative estimate of drug-likeness (QED) is 0.184. The summed E-state index contributed by atoms with van der Waals surface area (Å²) in [4.78, 5) is 19.5. The largest absolute Gasteiger partial charge is 0.478 e. The second-order valence-corrected chi connectivity index (χ2v) is 9.06. The number of aromatic nitrogens is 2. The Labute approximate surface area is 187 Å². The Morgan fingerprint density at radius 2 is 1.43 bits per heavy atom. The summed E-state index contributed by atoms with van der Waals surface area (Å²) in [5.74, 6) is -0.198. The Bertz CT molecular complexity index is 1330. The van der Waals surface area contributed by atoms with E-state index in [9.17, 15) is 4.79 Å². The zero-order valence-corrected chi connectivity index (χ0v) is 18.6. The van der Waals surface area contributed by atoms with Crippen molar-refractivity contribution in [1.82, 2.24) is 9.97 Å². The van der Waals surface area contributed by atoms with Crippen molar-refractivity contribution in [2.45, 2.75) is 0 Å². The SMILES string of the molecule is O=C(O)c1ccc(-c2nc3c4cc(I)ccc4c4ccc(I)cc4c3[nH]2)cc1. The summed E-state index contributed by atoms with van der Waals surface area (Å²) < 4.78 is 2.32. The smallest absolute Gasteiger partial charge is 0.335 e. The normalized spacial score (nSPS) is 11.5. The number of imidazole rings is 1. The topological polar surface area (TPSA) is 66.0 Å². The summed E-state index contributed by atoms with van der Waals surface area (Å²) in [6.07, 6.45) is 0. The molecule has 6 heteroatoms. The molecule has 0 aliphatic carbocycles. The molecular weight excluding hydrogens is 578 g/mol. The number of carbonyl (C=O) groups is 1. The van der Waals surface area contributed by atoms with Crippen molar-refractivity contribution in [3.8, 4) is 11.4 Å². The number of hydrogen-bond acceptors (Lipinski definition) is 2. The molecular formula is C22H12I2N2O2. The molecule has 0 unspecified atom stereocenters. The molecule has 2 N–H and O–H groups in total. The van der Waals surface area contributed by atoms with Gasteiger partial charge in [-0.1, -0.05) is 24.3 Å². The number of halogens is 2. The van der Waals surface area contributed by atoms with E-state index in [1.54, 1.807) is 24.3 Å². The molecule has 1 aromatic heterocycles. The lowest BCUT2D eigenvalue weighted by Gasteiger charge is -2.07. The van der Waals surface area contributed by atoms with E-state index in [2.05, 4.69) is 86.6 Å². The molecule has 0 radical (unpaired) electrons. The first-order chi connectivity index (χ1) is 13.5. The van der Waals surface area contributed by atoms with Crippen LogP contribution >= 0.6 is 45.2 Å². The van der Waals surface area contributed by atoms with Crippen LogP contribution in [-0.2, 0) is 0 Å². The van der Waals surface area contributed by atoms with Crippen molar-refractivity contribution < 1.29 is 9.90 Å². The van der Waals surface area contributed by atoms with Gasteiger partial charge in [0.1, 0.15) is 5.82 Å². The Morgan fingerprint density at radius 1 is 0.821 bits per heavy atom. The van der Waals surface area contributed by atoms with Crippen LogP contribution in [0.4, 0.5) is 0 Å². The number of aromatic carboxylic acids is 1. The van der Waals surface area contributed by atoms with Crippen molar-refractivity contribution in [2.24, 2.45) is 0 Å². The van der Waals surface area contributed by atoms with Gasteiger partial charge in [0.25, 0.3) is 0 Å². The average molecular weight is 590 g/mol. The fourth-order valence-corrected chi connectivity index (χ4v) is 4.56. The van der Waals surface area contributed by atoms with Gasteiger partial charge in [0.05, 0.1) is 16.6 Å². The molecule has 5 aromatic rings. The summed E-state index contributed by atoms with van der Waals surface area (Å²) in [5, 5.41) is 13.7. The summed E-state index contributed by atoms with van der Waals surface area (Å²) in [6.45, 7) is 0. The van der Waals surface area contributed by atoms with E-state index in [1.165, 1.54) is 14.3 Å². The van der Waals surface area contributed by atoms with Gasteiger partial charge in [0.15, 0.2) is 0 Å². The minimum atomic E-state index is -0.933. The van der Waals surface area contributed by atoms with Gasteiger partial charge in [-0.05, 0) is 92.4 Å². The van der Waals surface area contributed by atoms with Crippen molar-refractivity contribution in [1.29, 1.82) is 0 Å². The molecule has 0 bridgehead atoms. The molecule has 4 aromatic carbocycles. The first-order valence-electron chi connectivity index (χ1n) is 8.55. The molecule has 28 heavy (non-hydrogen) atoms. The van der Waals surface area contributed by atoms with Gasteiger partial charge in [-0.2, -0.15) is 0 Å². The molecule has 0 fully saturated rings. The first kappa shape index (κ1) is 17.9. The van der Waals surface area contributed by atoms with Crippen molar-refractivity contribution in [3.05, 3.63) is 73.4 Å². The maximum absolute atomic E-state index is 11.1. The number of nitrogens with one attached hydrogen (secondary N) is 1. The third-order valence-corrected chi connectivity index (χ3v) is 6.23. The van der Waals surface area contributed by atoms with E-state index in [-0.39, 0.29) is 5.56 Å². The lowest BCUT2D eigenvalue weighted by Crippen LogP contribution is -1.95. The van der Waals surface area contributed by atoms with Crippen molar-refractivity contribution in [2.75, 3.05) is 0 Å². The van der Waals surface area contributed by atoms with Gasteiger partial charge in [-0.15, -0.1) is 0 Å². The van der Waals surface area contributed by atoms with Crippen LogP contribution < -0.4 is 0 Å². The third kappa shape index (κ3) is 2.86. The molecule has 1 heterocycles. The molecule has 5 rings (SSSR count). The van der Waals surface area contributed by atoms with Crippen LogP contribution in [0.5, 0.6) is 0 Å². The van der Waals surface area contributed by atoms with Crippen LogP contribution in [0.2, 0.25) is 0 Å². The van der Waals surface area contributed by atoms with E-state index >= 15 is 0 Å². The highest BCUT2D eigenvalue weighted by Gasteiger charge is 2.15. The number of aromatic amines is 1. The van der Waals surface area contributed by atoms with Crippen LogP contribution in [0, 0.1) is 7.14 Å². The highest BCUT2D eigenvalue weighted by molar-refractivity contribution is 14.1. The summed E-state index contributed by atoms with van der Waals surface area (Å²) in [6, 6.07) is 19.7. The fraction of sp³-hybridized carbons (Fsp3) is 0. The third-order valence-electron chi connectivity index (χ3n) is 4.89. The number of carboxylic acids is 1. The summed E-state index contributed by atoms with van der Waals surface area (Å²) in [5.41, 5.74) is 3.05. The maximum atomic E-state index is 11.1. The Kier molecular flexibility index (Phi) is 4.27. The Morgan fingerprint density at radius 3 is 2.07 bits per heavy atom. The molecule has 0 spiro atoms. The monoisotopic (exact) mass is 590 g/mol. The van der Waals surface area contributed by atoms with Crippen LogP contribution in [-0.4, -0.2) is 21.0 Å². The van der Waals surface area contributed by atoms with Gasteiger partial charge in [0.2, 0.25) is 0 Å². The number of nitrogens with zero attached hydrogens (tertiary/aromatic N) is 1. The van der Waals surface area contributed by atoms with Gasteiger partial charge in [0, 0.05) is 23.5 Å². The number of rotatable bonds is 2. The standard InChI is InChI=1S/C22H12I2N2O2/c23-13-5-7-15-16-8-6-14(24)10-18(16)20-19(17(15)9-13)25-21(26-20)11-1-3-12(4-2-11)22(27)28/h1-10H,(H,25,26)(H,27,28). The highest BCUT2D eigenvalue weighted by Crippen LogP contribution is 2.36. The van der Waals surface area contributed by atoms with E-state index < -0.39 is 5.97 Å². The fourth-order valence-electron chi connectivity index (χ4n) is 3.58. The van der Waals surface area contributed by atoms with Crippen LogP contribution in [0.1, 0.15) is 10.4 Å². The average Bonchev–Trinajstić information content (AvgIpc) is 3.14. The maximum Gasteiger partial charge on any atom is 0.335 e. The second-order valence-electron chi connectivity index (χ2n) is 6.57. The lowest BCUT2D eigenvalue weighted by atomic mass is 10.0.